The van der Waals surface area contributed by atoms with Gasteiger partial charge in [-0.3, -0.25) is 4.79 Å². The normalized spacial score (nSPS) is 16.7. The van der Waals surface area contributed by atoms with E-state index in [4.69, 9.17) is 4.74 Å². The lowest BCUT2D eigenvalue weighted by molar-refractivity contribution is -0.122. The number of aromatic nitrogens is 1. The van der Waals surface area contributed by atoms with E-state index in [1.165, 1.54) is 47.0 Å². The van der Waals surface area contributed by atoms with Crippen LogP contribution in [0.4, 0.5) is 4.39 Å². The van der Waals surface area contributed by atoms with Gasteiger partial charge >= 0.3 is 0 Å². The van der Waals surface area contributed by atoms with E-state index >= 15 is 0 Å². The van der Waals surface area contributed by atoms with Crippen LogP contribution in [0.1, 0.15) is 12.8 Å². The minimum atomic E-state index is -3.62. The topological polar surface area (TPSA) is 81.0 Å². The molecule has 1 amide bonds. The highest BCUT2D eigenvalue weighted by atomic mass is 32.2. The Labute approximate surface area is 183 Å². The molecule has 2 aromatic carbocycles. The van der Waals surface area contributed by atoms with Crippen LogP contribution in [-0.4, -0.2) is 43.4 Å². The van der Waals surface area contributed by atoms with Gasteiger partial charge in [-0.2, -0.15) is 9.30 Å². The van der Waals surface area contributed by atoms with Crippen LogP contribution in [0, 0.1) is 11.7 Å². The molecule has 0 bridgehead atoms. The summed E-state index contributed by atoms with van der Waals surface area (Å²) in [6.45, 7) is 0.508. The Morgan fingerprint density at radius 1 is 1.16 bits per heavy atom. The van der Waals surface area contributed by atoms with Crippen LogP contribution in [0.3, 0.4) is 0 Å². The molecule has 1 aliphatic heterocycles. The summed E-state index contributed by atoms with van der Waals surface area (Å²) in [5.41, 5.74) is 0.804. The minimum absolute atomic E-state index is 0.201. The maximum Gasteiger partial charge on any atom is 0.251 e. The molecule has 1 fully saturated rings. The largest absolute Gasteiger partial charge is 0.497 e. The van der Waals surface area contributed by atoms with Crippen molar-refractivity contribution in [2.24, 2.45) is 18.0 Å². The summed E-state index contributed by atoms with van der Waals surface area (Å²) in [6, 6.07) is 10.7. The zero-order valence-electron chi connectivity index (χ0n) is 17.1. The van der Waals surface area contributed by atoms with Gasteiger partial charge in [0.1, 0.15) is 11.6 Å². The van der Waals surface area contributed by atoms with Crippen molar-refractivity contribution in [2.45, 2.75) is 17.7 Å². The smallest absolute Gasteiger partial charge is 0.251 e. The number of rotatable bonds is 4. The molecule has 10 heteroatoms. The molecule has 0 saturated carbocycles. The van der Waals surface area contributed by atoms with Gasteiger partial charge in [0.05, 0.1) is 22.2 Å². The van der Waals surface area contributed by atoms with Gasteiger partial charge in [0.25, 0.3) is 5.91 Å². The third-order valence-corrected chi connectivity index (χ3v) is 8.49. The lowest BCUT2D eigenvalue weighted by Gasteiger charge is -2.29. The number of thiazole rings is 1. The molecule has 0 spiro atoms. The number of hydrogen-bond donors (Lipinski definition) is 0. The molecule has 0 N–H and O–H groups in total. The van der Waals surface area contributed by atoms with Crippen LogP contribution in [0.2, 0.25) is 0 Å². The Kier molecular flexibility index (Phi) is 5.96. The summed E-state index contributed by atoms with van der Waals surface area (Å²) >= 11 is 1.25. The van der Waals surface area contributed by atoms with E-state index in [1.54, 1.807) is 29.8 Å². The number of benzene rings is 2. The summed E-state index contributed by atoms with van der Waals surface area (Å²) in [7, 11) is -0.319. The molecule has 1 aliphatic rings. The molecular weight excluding hydrogens is 441 g/mol. The highest BCUT2D eigenvalue weighted by Gasteiger charge is 2.32. The molecule has 1 saturated heterocycles. The van der Waals surface area contributed by atoms with E-state index in [0.717, 1.165) is 10.2 Å². The molecule has 0 radical (unpaired) electrons. The molecule has 4 rings (SSSR count). The molecule has 31 heavy (non-hydrogen) atoms. The highest BCUT2D eigenvalue weighted by molar-refractivity contribution is 7.89. The Balaban J connectivity index is 1.47. The van der Waals surface area contributed by atoms with Gasteiger partial charge in [-0.05, 0) is 55.3 Å². The third kappa shape index (κ3) is 4.28. The summed E-state index contributed by atoms with van der Waals surface area (Å²) in [4.78, 5) is 17.7. The molecular formula is C21H22FN3O4S2. The van der Waals surface area contributed by atoms with E-state index in [0.29, 0.717) is 23.4 Å². The zero-order chi connectivity index (χ0) is 22.2. The van der Waals surface area contributed by atoms with Crippen LogP contribution in [-0.2, 0) is 21.9 Å². The molecule has 0 unspecified atom stereocenters. The Morgan fingerprint density at radius 2 is 1.84 bits per heavy atom. The van der Waals surface area contributed by atoms with E-state index in [2.05, 4.69) is 4.99 Å². The van der Waals surface area contributed by atoms with Gasteiger partial charge in [0, 0.05) is 26.1 Å². The first-order valence-corrected chi connectivity index (χ1v) is 12.0. The average Bonchev–Trinajstić information content (AvgIpc) is 3.08. The second-order valence-corrected chi connectivity index (χ2v) is 10.3. The number of carbonyl (C=O) groups excluding carboxylic acids is 1. The van der Waals surface area contributed by atoms with Crippen molar-refractivity contribution in [3.63, 3.8) is 0 Å². The number of amides is 1. The predicted octanol–water partition coefficient (Wildman–Crippen LogP) is 2.92. The number of halogens is 1. The summed E-state index contributed by atoms with van der Waals surface area (Å²) < 4.78 is 48.2. The number of hydrogen-bond acceptors (Lipinski definition) is 5. The number of sulfonamides is 1. The lowest BCUT2D eigenvalue weighted by Crippen LogP contribution is -2.40. The number of aryl methyl sites for hydroxylation is 1. The van der Waals surface area contributed by atoms with Gasteiger partial charge in [-0.1, -0.05) is 11.3 Å². The summed E-state index contributed by atoms with van der Waals surface area (Å²) in [6.07, 6.45) is 0.807. The van der Waals surface area contributed by atoms with E-state index in [-0.39, 0.29) is 35.6 Å². The number of carbonyl (C=O) groups is 1. The van der Waals surface area contributed by atoms with Gasteiger partial charge in [-0.15, -0.1) is 0 Å². The second kappa shape index (κ2) is 8.52. The quantitative estimate of drug-likeness (QED) is 0.596. The Bertz CT molecular complexity index is 1290. The van der Waals surface area contributed by atoms with Crippen LogP contribution in [0.5, 0.6) is 5.75 Å². The van der Waals surface area contributed by atoms with Gasteiger partial charge < -0.3 is 9.30 Å². The molecule has 0 atom stereocenters. The number of methoxy groups -OCH3 is 1. The first kappa shape index (κ1) is 21.7. The molecule has 2 heterocycles. The fraction of sp³-hybridized carbons (Fsp3) is 0.333. The molecule has 164 valence electrons. The van der Waals surface area contributed by atoms with Crippen LogP contribution < -0.4 is 9.54 Å². The molecule has 0 aliphatic carbocycles. The monoisotopic (exact) mass is 463 g/mol. The van der Waals surface area contributed by atoms with Gasteiger partial charge in [0.15, 0.2) is 4.80 Å². The fourth-order valence-electron chi connectivity index (χ4n) is 3.64. The maximum absolute atomic E-state index is 13.5. The van der Waals surface area contributed by atoms with Crippen molar-refractivity contribution in [3.8, 4) is 5.75 Å². The van der Waals surface area contributed by atoms with Crippen molar-refractivity contribution in [1.82, 2.24) is 8.87 Å². The highest BCUT2D eigenvalue weighted by Crippen LogP contribution is 2.26. The first-order valence-electron chi connectivity index (χ1n) is 9.77. The van der Waals surface area contributed by atoms with Gasteiger partial charge in [0.2, 0.25) is 10.0 Å². The lowest BCUT2D eigenvalue weighted by atomic mass is 9.98. The number of nitrogens with zero attached hydrogens (tertiary/aromatic N) is 3. The van der Waals surface area contributed by atoms with Crippen molar-refractivity contribution < 1.29 is 22.3 Å². The average molecular weight is 464 g/mol. The van der Waals surface area contributed by atoms with Gasteiger partial charge in [-0.25, -0.2) is 12.8 Å². The fourth-order valence-corrected chi connectivity index (χ4v) is 6.16. The van der Waals surface area contributed by atoms with E-state index in [9.17, 15) is 17.6 Å². The van der Waals surface area contributed by atoms with Crippen molar-refractivity contribution in [2.75, 3.05) is 20.2 Å². The zero-order valence-corrected chi connectivity index (χ0v) is 18.7. The second-order valence-electron chi connectivity index (χ2n) is 7.36. The minimum Gasteiger partial charge on any atom is -0.497 e. The van der Waals surface area contributed by atoms with Crippen LogP contribution in [0.15, 0.2) is 52.4 Å². The maximum atomic E-state index is 13.5. The number of piperidine rings is 1. The number of fused-ring (bicyclic) bond motifs is 1. The van der Waals surface area contributed by atoms with E-state index < -0.39 is 10.0 Å². The third-order valence-electron chi connectivity index (χ3n) is 5.48. The predicted molar refractivity (Wildman–Crippen MR) is 116 cm³/mol. The van der Waals surface area contributed by atoms with Crippen molar-refractivity contribution in [1.29, 1.82) is 0 Å². The first-order chi connectivity index (χ1) is 14.8. The Hall–Kier alpha value is -2.56. The number of ether oxygens (including phenoxy) is 1. The van der Waals surface area contributed by atoms with Crippen LogP contribution >= 0.6 is 11.3 Å². The van der Waals surface area contributed by atoms with Crippen LogP contribution in [0.25, 0.3) is 10.2 Å². The van der Waals surface area contributed by atoms with Crippen molar-refractivity contribution >= 4 is 37.5 Å². The molecule has 3 aromatic rings. The molecule has 7 nitrogen and oxygen atoms in total. The summed E-state index contributed by atoms with van der Waals surface area (Å²) in [5.74, 6) is -0.368. The SMILES string of the molecule is COc1ccc(S(=O)(=O)N2CCC(C(=O)N=c3sc4cc(F)ccc4n3C)CC2)cc1. The standard InChI is InChI=1S/C21H22FN3O4S2/c1-24-18-8-3-15(22)13-19(18)30-21(24)23-20(26)14-9-11-25(12-10-14)31(27,28)17-6-4-16(29-2)5-7-17/h3-8,13-14H,9-12H2,1-2H3. The summed E-state index contributed by atoms with van der Waals surface area (Å²) in [5, 5.41) is 0. The molecule has 1 aromatic heterocycles. The Morgan fingerprint density at radius 3 is 2.48 bits per heavy atom. The van der Waals surface area contributed by atoms with Crippen molar-refractivity contribution in [3.05, 3.63) is 53.1 Å². The van der Waals surface area contributed by atoms with E-state index in [1.807, 2.05) is 0 Å².